The van der Waals surface area contributed by atoms with E-state index in [0.29, 0.717) is 17.1 Å². The zero-order chi connectivity index (χ0) is 14.1. The maximum atomic E-state index is 13.4. The van der Waals surface area contributed by atoms with Crippen molar-refractivity contribution in [2.45, 2.75) is 0 Å². The van der Waals surface area contributed by atoms with Crippen LogP contribution in [0.4, 0.5) is 10.1 Å². The Balaban J connectivity index is 2.02. The average molecular weight is 335 g/mol. The first-order valence-corrected chi connectivity index (χ1v) is 6.44. The first-order valence-electron chi connectivity index (χ1n) is 5.65. The smallest absolute Gasteiger partial charge is 0.260 e. The molecule has 0 spiro atoms. The largest absolute Gasteiger partial charge is 0.396 e. The van der Waals surface area contributed by atoms with Gasteiger partial charge in [0, 0.05) is 10.7 Å². The van der Waals surface area contributed by atoms with Gasteiger partial charge in [0.2, 0.25) is 5.82 Å². The molecule has 3 rings (SSSR count). The van der Waals surface area contributed by atoms with Gasteiger partial charge >= 0.3 is 0 Å². The summed E-state index contributed by atoms with van der Waals surface area (Å²) in [7, 11) is 0. The summed E-state index contributed by atoms with van der Waals surface area (Å²) in [6.07, 6.45) is 1.63. The Morgan fingerprint density at radius 3 is 2.80 bits per heavy atom. The number of aromatic nitrogens is 3. The second-order valence-corrected chi connectivity index (χ2v) is 4.90. The summed E-state index contributed by atoms with van der Waals surface area (Å²) in [5, 5.41) is 3.82. The Morgan fingerprint density at radius 1 is 1.20 bits per heavy atom. The molecular weight excluding hydrogens is 327 g/mol. The molecule has 0 fully saturated rings. The molecule has 0 aliphatic carbocycles. The lowest BCUT2D eigenvalue weighted by Gasteiger charge is -2.00. The molecular formula is C13H8BrFN4O. The second kappa shape index (κ2) is 5.01. The molecule has 0 unspecified atom stereocenters. The number of nitrogens with zero attached hydrogens (tertiary/aromatic N) is 3. The fourth-order valence-corrected chi connectivity index (χ4v) is 1.90. The number of hydrogen-bond acceptors (Lipinski definition) is 5. The van der Waals surface area contributed by atoms with Crippen molar-refractivity contribution in [1.29, 1.82) is 0 Å². The second-order valence-electron chi connectivity index (χ2n) is 3.99. The van der Waals surface area contributed by atoms with E-state index in [4.69, 9.17) is 10.3 Å². The van der Waals surface area contributed by atoms with E-state index in [0.717, 1.165) is 4.47 Å². The molecule has 5 nitrogen and oxygen atoms in total. The molecule has 2 N–H and O–H groups in total. The summed E-state index contributed by atoms with van der Waals surface area (Å²) in [4.78, 5) is 8.34. The van der Waals surface area contributed by atoms with Crippen LogP contribution in [0.15, 0.2) is 45.5 Å². The molecule has 2 heterocycles. The van der Waals surface area contributed by atoms with Crippen molar-refractivity contribution in [1.82, 2.24) is 15.1 Å². The van der Waals surface area contributed by atoms with Gasteiger partial charge in [0.05, 0.1) is 11.3 Å². The van der Waals surface area contributed by atoms with E-state index in [1.54, 1.807) is 18.3 Å². The van der Waals surface area contributed by atoms with Crippen LogP contribution in [0.1, 0.15) is 0 Å². The molecule has 0 amide bonds. The Morgan fingerprint density at radius 2 is 2.05 bits per heavy atom. The van der Waals surface area contributed by atoms with E-state index in [1.165, 1.54) is 12.1 Å². The van der Waals surface area contributed by atoms with Gasteiger partial charge in [0.1, 0.15) is 11.5 Å². The van der Waals surface area contributed by atoms with E-state index < -0.39 is 5.82 Å². The van der Waals surface area contributed by atoms with E-state index in [2.05, 4.69) is 31.1 Å². The molecule has 0 bridgehead atoms. The van der Waals surface area contributed by atoms with E-state index in [1.807, 2.05) is 6.07 Å². The summed E-state index contributed by atoms with van der Waals surface area (Å²) in [6.45, 7) is 0. The van der Waals surface area contributed by atoms with E-state index in [-0.39, 0.29) is 11.6 Å². The highest BCUT2D eigenvalue weighted by Crippen LogP contribution is 2.28. The first-order chi connectivity index (χ1) is 9.65. The summed E-state index contributed by atoms with van der Waals surface area (Å²) >= 11 is 3.29. The molecule has 1 aromatic carbocycles. The van der Waals surface area contributed by atoms with Crippen molar-refractivity contribution in [3.8, 4) is 23.0 Å². The molecule has 0 aliphatic rings. The van der Waals surface area contributed by atoms with Gasteiger partial charge in [-0.3, -0.25) is 4.98 Å². The monoisotopic (exact) mass is 334 g/mol. The van der Waals surface area contributed by atoms with Crippen molar-refractivity contribution < 1.29 is 8.91 Å². The molecule has 0 saturated carbocycles. The predicted molar refractivity (Wildman–Crippen MR) is 75.0 cm³/mol. The normalized spacial score (nSPS) is 10.7. The number of rotatable bonds is 2. The van der Waals surface area contributed by atoms with Gasteiger partial charge in [-0.05, 0) is 40.2 Å². The fourth-order valence-electron chi connectivity index (χ4n) is 1.67. The van der Waals surface area contributed by atoms with Crippen molar-refractivity contribution in [2.24, 2.45) is 0 Å². The van der Waals surface area contributed by atoms with E-state index in [9.17, 15) is 4.39 Å². The Kier molecular flexibility index (Phi) is 3.19. The topological polar surface area (TPSA) is 77.8 Å². The number of nitrogen functional groups attached to an aromatic ring is 1. The van der Waals surface area contributed by atoms with Gasteiger partial charge in [-0.2, -0.15) is 4.98 Å². The van der Waals surface area contributed by atoms with Crippen LogP contribution in [-0.4, -0.2) is 15.1 Å². The van der Waals surface area contributed by atoms with Crippen LogP contribution in [0, 0.1) is 5.82 Å². The maximum Gasteiger partial charge on any atom is 0.260 e. The minimum Gasteiger partial charge on any atom is -0.396 e. The van der Waals surface area contributed by atoms with Gasteiger partial charge in [-0.25, -0.2) is 4.39 Å². The molecule has 2 aromatic heterocycles. The molecule has 0 aliphatic heterocycles. The van der Waals surface area contributed by atoms with E-state index >= 15 is 0 Å². The zero-order valence-corrected chi connectivity index (χ0v) is 11.6. The average Bonchev–Trinajstić information content (AvgIpc) is 2.92. The predicted octanol–water partition coefficient (Wildman–Crippen LogP) is 3.28. The highest BCUT2D eigenvalue weighted by molar-refractivity contribution is 9.10. The third-order valence-electron chi connectivity index (χ3n) is 2.67. The van der Waals surface area contributed by atoms with Gasteiger partial charge in [-0.1, -0.05) is 11.2 Å². The molecule has 100 valence electrons. The number of halogens is 2. The number of anilines is 1. The summed E-state index contributed by atoms with van der Waals surface area (Å²) < 4.78 is 19.4. The summed E-state index contributed by atoms with van der Waals surface area (Å²) in [5.74, 6) is -0.0538. The molecule has 0 atom stereocenters. The lowest BCUT2D eigenvalue weighted by atomic mass is 10.2. The van der Waals surface area contributed by atoms with Crippen molar-refractivity contribution in [3.63, 3.8) is 0 Å². The number of benzene rings is 1. The summed E-state index contributed by atoms with van der Waals surface area (Å²) in [5.41, 5.74) is 6.55. The van der Waals surface area contributed by atoms with Crippen LogP contribution in [-0.2, 0) is 0 Å². The van der Waals surface area contributed by atoms with Crippen molar-refractivity contribution >= 4 is 21.6 Å². The van der Waals surface area contributed by atoms with Crippen LogP contribution >= 0.6 is 15.9 Å². The lowest BCUT2D eigenvalue weighted by Crippen LogP contribution is -1.94. The Bertz CT molecular complexity index is 757. The number of hydrogen-bond donors (Lipinski definition) is 1. The Hall–Kier alpha value is -2.28. The molecule has 20 heavy (non-hydrogen) atoms. The summed E-state index contributed by atoms with van der Waals surface area (Å²) in [6, 6.07) is 7.97. The van der Waals surface area contributed by atoms with Gasteiger partial charge in [0.25, 0.3) is 5.89 Å². The van der Waals surface area contributed by atoms with Crippen LogP contribution in [0.2, 0.25) is 0 Å². The first kappa shape index (κ1) is 12.7. The molecule has 0 radical (unpaired) electrons. The van der Waals surface area contributed by atoms with Crippen LogP contribution < -0.4 is 5.73 Å². The van der Waals surface area contributed by atoms with Gasteiger partial charge in [0.15, 0.2) is 0 Å². The van der Waals surface area contributed by atoms with Crippen LogP contribution in [0.25, 0.3) is 23.0 Å². The maximum absolute atomic E-state index is 13.4. The quantitative estimate of drug-likeness (QED) is 0.727. The zero-order valence-electron chi connectivity index (χ0n) is 10.0. The number of nitrogens with two attached hydrogens (primary N) is 1. The fraction of sp³-hybridized carbons (Fsp3) is 0. The highest BCUT2D eigenvalue weighted by Gasteiger charge is 2.15. The number of pyridine rings is 1. The number of para-hydroxylation sites is 1. The minimum absolute atomic E-state index is 0.0218. The minimum atomic E-state index is -0.524. The van der Waals surface area contributed by atoms with Gasteiger partial charge < -0.3 is 10.3 Å². The lowest BCUT2D eigenvalue weighted by molar-refractivity contribution is 0.432. The van der Waals surface area contributed by atoms with Crippen LogP contribution in [0.3, 0.4) is 0 Å². The molecule has 7 heteroatoms. The van der Waals surface area contributed by atoms with Crippen LogP contribution in [0.5, 0.6) is 0 Å². The third kappa shape index (κ3) is 2.27. The van der Waals surface area contributed by atoms with Crippen molar-refractivity contribution in [3.05, 3.63) is 46.8 Å². The third-order valence-corrected chi connectivity index (χ3v) is 3.13. The Labute approximate surface area is 121 Å². The SMILES string of the molecule is Nc1c(F)cccc1-c1nc(-c2ccc(Br)cn2)no1. The standard InChI is InChI=1S/C13H8BrFN4O/c14-7-4-5-10(17-6-7)12-18-13(20-19-12)8-2-1-3-9(15)11(8)16/h1-6H,16H2. The molecule has 0 saturated heterocycles. The molecule has 3 aromatic rings. The van der Waals surface area contributed by atoms with Gasteiger partial charge in [-0.15, -0.1) is 0 Å². The van der Waals surface area contributed by atoms with Crippen molar-refractivity contribution in [2.75, 3.05) is 5.73 Å². The highest BCUT2D eigenvalue weighted by atomic mass is 79.9.